The van der Waals surface area contributed by atoms with E-state index in [9.17, 15) is 9.59 Å². The lowest BCUT2D eigenvalue weighted by atomic mass is 10.0. The molecule has 37 heavy (non-hydrogen) atoms. The number of nitrogens with one attached hydrogen (secondary N) is 1. The number of benzene rings is 3. The maximum Gasteiger partial charge on any atom is 0.261 e. The molecule has 3 rings (SSSR count). The van der Waals surface area contributed by atoms with E-state index in [1.807, 2.05) is 51.1 Å². The number of carbonyl (C=O) groups excluding carboxylic acids is 2. The number of hydrogen-bond donors (Lipinski definition) is 1. The second kappa shape index (κ2) is 13.0. The molecule has 1 N–H and O–H groups in total. The molecule has 5 nitrogen and oxygen atoms in total. The standard InChI is InChI=1S/C28H28BrCl3N2O3/c1-28(2,3)33-27(36)24(14-18-7-5-4-6-8-18)34(16-19-9-11-21(30)22(31)13-19)26(35)17-37-25-12-10-20(29)15-23(25)32/h4-13,15,24H,14,16-17H2,1-3H3,(H,33,36)/t24-/m1/s1. The van der Waals surface area contributed by atoms with Gasteiger partial charge in [-0.2, -0.15) is 0 Å². The van der Waals surface area contributed by atoms with Gasteiger partial charge in [-0.05, 0) is 62.2 Å². The van der Waals surface area contributed by atoms with Crippen LogP contribution in [-0.2, 0) is 22.6 Å². The second-order valence-electron chi connectivity index (χ2n) is 9.58. The molecule has 0 bridgehead atoms. The summed E-state index contributed by atoms with van der Waals surface area (Å²) in [5.41, 5.74) is 1.15. The van der Waals surface area contributed by atoms with Crippen molar-refractivity contribution in [1.82, 2.24) is 10.2 Å². The molecule has 0 fully saturated rings. The van der Waals surface area contributed by atoms with Crippen molar-refractivity contribution in [3.8, 4) is 5.75 Å². The average Bonchev–Trinajstić information content (AvgIpc) is 2.82. The van der Waals surface area contributed by atoms with Crippen molar-refractivity contribution in [3.63, 3.8) is 0 Å². The maximum atomic E-state index is 13.7. The smallest absolute Gasteiger partial charge is 0.261 e. The Bertz CT molecular complexity index is 1250. The van der Waals surface area contributed by atoms with Gasteiger partial charge in [-0.25, -0.2) is 0 Å². The summed E-state index contributed by atoms with van der Waals surface area (Å²) in [7, 11) is 0. The third-order valence-corrected chi connectivity index (χ3v) is 6.88. The zero-order chi connectivity index (χ0) is 27.2. The molecule has 196 valence electrons. The number of rotatable bonds is 9. The molecular weight excluding hydrogens is 599 g/mol. The van der Waals surface area contributed by atoms with Crippen molar-refractivity contribution in [1.29, 1.82) is 0 Å². The van der Waals surface area contributed by atoms with Gasteiger partial charge < -0.3 is 15.0 Å². The Balaban J connectivity index is 1.96. The number of amides is 2. The lowest BCUT2D eigenvalue weighted by Crippen LogP contribution is -2.55. The van der Waals surface area contributed by atoms with Crippen LogP contribution in [0.15, 0.2) is 71.2 Å². The molecule has 3 aromatic rings. The van der Waals surface area contributed by atoms with Gasteiger partial charge in [0.25, 0.3) is 5.91 Å². The molecule has 0 heterocycles. The minimum absolute atomic E-state index is 0.127. The molecule has 9 heteroatoms. The predicted molar refractivity (Wildman–Crippen MR) is 153 cm³/mol. The minimum atomic E-state index is -0.812. The normalized spacial score (nSPS) is 12.1. The number of halogens is 4. The van der Waals surface area contributed by atoms with Gasteiger partial charge in [-0.3, -0.25) is 9.59 Å². The van der Waals surface area contributed by atoms with Crippen molar-refractivity contribution < 1.29 is 14.3 Å². The summed E-state index contributed by atoms with van der Waals surface area (Å²) in [6.07, 6.45) is 0.314. The van der Waals surface area contributed by atoms with Crippen LogP contribution < -0.4 is 10.1 Å². The van der Waals surface area contributed by atoms with E-state index >= 15 is 0 Å². The topological polar surface area (TPSA) is 58.6 Å². The highest BCUT2D eigenvalue weighted by molar-refractivity contribution is 9.10. The monoisotopic (exact) mass is 624 g/mol. The number of ether oxygens (including phenoxy) is 1. The van der Waals surface area contributed by atoms with Crippen molar-refractivity contribution in [2.24, 2.45) is 0 Å². The van der Waals surface area contributed by atoms with Gasteiger partial charge >= 0.3 is 0 Å². The summed E-state index contributed by atoms with van der Waals surface area (Å²) in [5, 5.41) is 4.16. The van der Waals surface area contributed by atoms with Crippen LogP contribution in [0.5, 0.6) is 5.75 Å². The van der Waals surface area contributed by atoms with Gasteiger partial charge in [0.2, 0.25) is 5.91 Å². The van der Waals surface area contributed by atoms with Crippen LogP contribution >= 0.6 is 50.7 Å². The van der Waals surface area contributed by atoms with E-state index in [1.165, 1.54) is 4.90 Å². The molecule has 0 saturated heterocycles. The van der Waals surface area contributed by atoms with Crippen molar-refractivity contribution in [2.45, 2.75) is 45.3 Å². The van der Waals surface area contributed by atoms with E-state index in [2.05, 4.69) is 21.2 Å². The highest BCUT2D eigenvalue weighted by atomic mass is 79.9. The molecule has 0 saturated carbocycles. The minimum Gasteiger partial charge on any atom is -0.482 e. The summed E-state index contributed by atoms with van der Waals surface area (Å²) >= 11 is 22.0. The Labute approximate surface area is 241 Å². The van der Waals surface area contributed by atoms with Gasteiger partial charge in [0.05, 0.1) is 15.1 Å². The molecule has 0 spiro atoms. The van der Waals surface area contributed by atoms with Crippen LogP contribution in [0, 0.1) is 0 Å². The van der Waals surface area contributed by atoms with Crippen LogP contribution in [0.1, 0.15) is 31.9 Å². The molecule has 0 aliphatic heterocycles. The summed E-state index contributed by atoms with van der Waals surface area (Å²) in [4.78, 5) is 28.7. The summed E-state index contributed by atoms with van der Waals surface area (Å²) in [5.74, 6) is -0.284. The van der Waals surface area contributed by atoms with Gasteiger partial charge in [0.1, 0.15) is 11.8 Å². The fourth-order valence-electron chi connectivity index (χ4n) is 3.66. The molecular formula is C28H28BrCl3N2O3. The van der Waals surface area contributed by atoms with Crippen LogP contribution in [0.3, 0.4) is 0 Å². The lowest BCUT2D eigenvalue weighted by molar-refractivity contribution is -0.143. The second-order valence-corrected chi connectivity index (χ2v) is 11.7. The Hall–Kier alpha value is -2.25. The van der Waals surface area contributed by atoms with E-state index < -0.39 is 11.6 Å². The molecule has 1 atom stereocenters. The number of nitrogens with zero attached hydrogens (tertiary/aromatic N) is 1. The zero-order valence-electron chi connectivity index (χ0n) is 20.7. The Kier molecular flexibility index (Phi) is 10.3. The van der Waals surface area contributed by atoms with Crippen LogP contribution in [0.4, 0.5) is 0 Å². The molecule has 0 aromatic heterocycles. The van der Waals surface area contributed by atoms with Gasteiger partial charge in [-0.15, -0.1) is 0 Å². The molecule has 0 unspecified atom stereocenters. The Morgan fingerprint density at radius 3 is 2.24 bits per heavy atom. The third-order valence-electron chi connectivity index (χ3n) is 5.35. The largest absolute Gasteiger partial charge is 0.482 e. The Morgan fingerprint density at radius 2 is 1.62 bits per heavy atom. The van der Waals surface area contributed by atoms with Crippen molar-refractivity contribution in [2.75, 3.05) is 6.61 Å². The number of hydrogen-bond acceptors (Lipinski definition) is 3. The quantitative estimate of drug-likeness (QED) is 0.270. The summed E-state index contributed by atoms with van der Waals surface area (Å²) in [6.45, 7) is 5.51. The molecule has 0 aliphatic carbocycles. The zero-order valence-corrected chi connectivity index (χ0v) is 24.6. The first-order valence-corrected chi connectivity index (χ1v) is 13.5. The molecule has 2 amide bonds. The fraction of sp³-hybridized carbons (Fsp3) is 0.286. The number of carbonyl (C=O) groups is 2. The average molecular weight is 627 g/mol. The molecule has 0 radical (unpaired) electrons. The van der Waals surface area contributed by atoms with E-state index in [0.717, 1.165) is 15.6 Å². The van der Waals surface area contributed by atoms with E-state index in [0.29, 0.717) is 27.2 Å². The van der Waals surface area contributed by atoms with E-state index in [1.54, 1.807) is 36.4 Å². The summed E-state index contributed by atoms with van der Waals surface area (Å²) < 4.78 is 6.56. The predicted octanol–water partition coefficient (Wildman–Crippen LogP) is 7.34. The first-order valence-electron chi connectivity index (χ1n) is 11.6. The molecule has 3 aromatic carbocycles. The van der Waals surface area contributed by atoms with Gasteiger partial charge in [-0.1, -0.05) is 87.1 Å². The van der Waals surface area contributed by atoms with E-state index in [-0.39, 0.29) is 25.0 Å². The molecule has 0 aliphatic rings. The van der Waals surface area contributed by atoms with Gasteiger partial charge in [0.15, 0.2) is 6.61 Å². The maximum absolute atomic E-state index is 13.7. The Morgan fingerprint density at radius 1 is 0.919 bits per heavy atom. The highest BCUT2D eigenvalue weighted by Crippen LogP contribution is 2.28. The summed E-state index contributed by atoms with van der Waals surface area (Å²) in [6, 6.07) is 19.0. The highest BCUT2D eigenvalue weighted by Gasteiger charge is 2.32. The van der Waals surface area contributed by atoms with Crippen LogP contribution in [0.25, 0.3) is 0 Å². The first-order chi connectivity index (χ1) is 17.4. The van der Waals surface area contributed by atoms with Crippen molar-refractivity contribution in [3.05, 3.63) is 97.4 Å². The third kappa shape index (κ3) is 8.92. The van der Waals surface area contributed by atoms with Crippen LogP contribution in [0.2, 0.25) is 15.1 Å². The SMILES string of the molecule is CC(C)(C)NC(=O)[C@@H](Cc1ccccc1)N(Cc1ccc(Cl)c(Cl)c1)C(=O)COc1ccc(Br)cc1Cl. The first kappa shape index (κ1) is 29.3. The van der Waals surface area contributed by atoms with E-state index in [4.69, 9.17) is 39.5 Å². The van der Waals surface area contributed by atoms with Crippen molar-refractivity contribution >= 4 is 62.5 Å². The lowest BCUT2D eigenvalue weighted by Gasteiger charge is -2.33. The van der Waals surface area contributed by atoms with Crippen LogP contribution in [-0.4, -0.2) is 34.9 Å². The fourth-order valence-corrected chi connectivity index (χ4v) is 4.70. The van der Waals surface area contributed by atoms with Gasteiger partial charge in [0, 0.05) is 23.0 Å².